The third-order valence-corrected chi connectivity index (χ3v) is 3.90. The SMILES string of the molecule is C=CCNC(=O)Nc1ccc(NC(=O)C2CCCC(N)C2)cc1. The Labute approximate surface area is 136 Å². The van der Waals surface area contributed by atoms with Crippen LogP contribution in [-0.2, 0) is 4.79 Å². The van der Waals surface area contributed by atoms with E-state index in [-0.39, 0.29) is 23.9 Å². The molecular weight excluding hydrogens is 292 g/mol. The maximum absolute atomic E-state index is 12.2. The molecule has 0 spiro atoms. The monoisotopic (exact) mass is 316 g/mol. The Balaban J connectivity index is 1.85. The first-order valence-electron chi connectivity index (χ1n) is 7.90. The third kappa shape index (κ3) is 5.41. The van der Waals surface area contributed by atoms with E-state index in [4.69, 9.17) is 5.73 Å². The van der Waals surface area contributed by atoms with Crippen LogP contribution in [0.15, 0.2) is 36.9 Å². The fraction of sp³-hybridized carbons (Fsp3) is 0.412. The van der Waals surface area contributed by atoms with Crippen molar-refractivity contribution in [3.8, 4) is 0 Å². The summed E-state index contributed by atoms with van der Waals surface area (Å²) in [6.07, 6.45) is 5.24. The minimum atomic E-state index is -0.294. The van der Waals surface area contributed by atoms with E-state index in [2.05, 4.69) is 22.5 Å². The number of hydrogen-bond acceptors (Lipinski definition) is 3. The van der Waals surface area contributed by atoms with Gasteiger partial charge in [0.25, 0.3) is 0 Å². The lowest BCUT2D eigenvalue weighted by Crippen LogP contribution is -2.34. The maximum Gasteiger partial charge on any atom is 0.319 e. The van der Waals surface area contributed by atoms with Gasteiger partial charge in [0.15, 0.2) is 0 Å². The molecule has 0 saturated heterocycles. The predicted octanol–water partition coefficient (Wildman–Crippen LogP) is 2.45. The first-order chi connectivity index (χ1) is 11.1. The van der Waals surface area contributed by atoms with Gasteiger partial charge in [-0.3, -0.25) is 4.79 Å². The molecule has 0 bridgehead atoms. The summed E-state index contributed by atoms with van der Waals surface area (Å²) < 4.78 is 0. The number of anilines is 2. The Kier molecular flexibility index (Phi) is 6.17. The zero-order valence-corrected chi connectivity index (χ0v) is 13.2. The number of benzene rings is 1. The van der Waals surface area contributed by atoms with Crippen molar-refractivity contribution in [1.29, 1.82) is 0 Å². The van der Waals surface area contributed by atoms with E-state index in [1.54, 1.807) is 30.3 Å². The number of urea groups is 1. The molecule has 6 heteroatoms. The van der Waals surface area contributed by atoms with Crippen LogP contribution in [-0.4, -0.2) is 24.5 Å². The number of carbonyl (C=O) groups is 2. The minimum Gasteiger partial charge on any atom is -0.334 e. The van der Waals surface area contributed by atoms with E-state index in [0.29, 0.717) is 17.9 Å². The standard InChI is InChI=1S/C17H24N4O2/c1-2-10-19-17(23)21-15-8-6-14(7-9-15)20-16(22)12-4-3-5-13(18)11-12/h2,6-9,12-13H,1,3-5,10-11,18H2,(H,20,22)(H2,19,21,23). The summed E-state index contributed by atoms with van der Waals surface area (Å²) in [5, 5.41) is 8.24. The van der Waals surface area contributed by atoms with Gasteiger partial charge >= 0.3 is 6.03 Å². The molecule has 2 atom stereocenters. The number of amides is 3. The van der Waals surface area contributed by atoms with E-state index in [0.717, 1.165) is 25.7 Å². The second-order valence-corrected chi connectivity index (χ2v) is 5.81. The van der Waals surface area contributed by atoms with Gasteiger partial charge < -0.3 is 21.7 Å². The number of hydrogen-bond donors (Lipinski definition) is 4. The lowest BCUT2D eigenvalue weighted by molar-refractivity contribution is -0.120. The van der Waals surface area contributed by atoms with E-state index in [1.807, 2.05) is 0 Å². The molecule has 2 rings (SSSR count). The number of nitrogens with one attached hydrogen (secondary N) is 3. The quantitative estimate of drug-likeness (QED) is 0.628. The topological polar surface area (TPSA) is 96.2 Å². The average Bonchev–Trinajstić information content (AvgIpc) is 2.54. The molecule has 1 aliphatic rings. The highest BCUT2D eigenvalue weighted by Gasteiger charge is 2.25. The maximum atomic E-state index is 12.2. The Morgan fingerprint density at radius 1 is 1.17 bits per heavy atom. The van der Waals surface area contributed by atoms with E-state index in [9.17, 15) is 9.59 Å². The highest BCUT2D eigenvalue weighted by molar-refractivity contribution is 5.93. The minimum absolute atomic E-state index is 0.0127. The van der Waals surface area contributed by atoms with Crippen molar-refractivity contribution in [2.45, 2.75) is 31.7 Å². The van der Waals surface area contributed by atoms with Crippen molar-refractivity contribution < 1.29 is 9.59 Å². The third-order valence-electron chi connectivity index (χ3n) is 3.90. The highest BCUT2D eigenvalue weighted by atomic mass is 16.2. The van der Waals surface area contributed by atoms with Gasteiger partial charge in [-0.1, -0.05) is 12.5 Å². The molecule has 1 fully saturated rings. The van der Waals surface area contributed by atoms with Gasteiger partial charge in [0.05, 0.1) is 0 Å². The van der Waals surface area contributed by atoms with E-state index < -0.39 is 0 Å². The normalized spacial score (nSPS) is 20.4. The predicted molar refractivity (Wildman–Crippen MR) is 92.2 cm³/mol. The van der Waals surface area contributed by atoms with Crippen LogP contribution >= 0.6 is 0 Å². The molecule has 5 N–H and O–H groups in total. The molecule has 124 valence electrons. The van der Waals surface area contributed by atoms with Crippen LogP contribution in [0.2, 0.25) is 0 Å². The Morgan fingerprint density at radius 3 is 2.43 bits per heavy atom. The summed E-state index contributed by atoms with van der Waals surface area (Å²) in [4.78, 5) is 23.8. The van der Waals surface area contributed by atoms with Crippen molar-refractivity contribution in [2.75, 3.05) is 17.2 Å². The summed E-state index contributed by atoms with van der Waals surface area (Å²) in [5.74, 6) is 0.00539. The van der Waals surface area contributed by atoms with Crippen LogP contribution in [0.5, 0.6) is 0 Å². The van der Waals surface area contributed by atoms with Crippen LogP contribution in [0, 0.1) is 5.92 Å². The van der Waals surface area contributed by atoms with Crippen molar-refractivity contribution in [3.05, 3.63) is 36.9 Å². The highest BCUT2D eigenvalue weighted by Crippen LogP contribution is 2.24. The number of carbonyl (C=O) groups excluding carboxylic acids is 2. The van der Waals surface area contributed by atoms with Gasteiger partial charge in [-0.25, -0.2) is 4.79 Å². The second kappa shape index (κ2) is 8.33. The fourth-order valence-corrected chi connectivity index (χ4v) is 2.69. The van der Waals surface area contributed by atoms with E-state index in [1.165, 1.54) is 0 Å². The number of nitrogens with two attached hydrogens (primary N) is 1. The van der Waals surface area contributed by atoms with Crippen LogP contribution in [0.4, 0.5) is 16.2 Å². The Morgan fingerprint density at radius 2 is 1.83 bits per heavy atom. The first-order valence-corrected chi connectivity index (χ1v) is 7.90. The zero-order chi connectivity index (χ0) is 16.7. The smallest absolute Gasteiger partial charge is 0.319 e. The molecule has 1 aromatic carbocycles. The second-order valence-electron chi connectivity index (χ2n) is 5.81. The van der Waals surface area contributed by atoms with Crippen LogP contribution in [0.1, 0.15) is 25.7 Å². The fourth-order valence-electron chi connectivity index (χ4n) is 2.69. The van der Waals surface area contributed by atoms with Crippen LogP contribution in [0.25, 0.3) is 0 Å². The van der Waals surface area contributed by atoms with Gasteiger partial charge in [-0.05, 0) is 43.5 Å². The van der Waals surface area contributed by atoms with Crippen LogP contribution < -0.4 is 21.7 Å². The van der Waals surface area contributed by atoms with Crippen molar-refractivity contribution in [2.24, 2.45) is 11.7 Å². The molecule has 0 aromatic heterocycles. The Hall–Kier alpha value is -2.34. The van der Waals surface area contributed by atoms with Gasteiger partial charge in [0.2, 0.25) is 5.91 Å². The molecule has 0 heterocycles. The first kappa shape index (κ1) is 17.0. The molecule has 1 aliphatic carbocycles. The lowest BCUT2D eigenvalue weighted by atomic mass is 9.85. The van der Waals surface area contributed by atoms with Gasteiger partial charge in [0, 0.05) is 29.9 Å². The van der Waals surface area contributed by atoms with Crippen molar-refractivity contribution >= 4 is 23.3 Å². The van der Waals surface area contributed by atoms with E-state index >= 15 is 0 Å². The van der Waals surface area contributed by atoms with Crippen LogP contribution in [0.3, 0.4) is 0 Å². The molecule has 6 nitrogen and oxygen atoms in total. The molecule has 2 unspecified atom stereocenters. The molecular formula is C17H24N4O2. The summed E-state index contributed by atoms with van der Waals surface area (Å²) >= 11 is 0. The van der Waals surface area contributed by atoms with Gasteiger partial charge in [0.1, 0.15) is 0 Å². The molecule has 1 aromatic rings. The molecule has 0 aliphatic heterocycles. The van der Waals surface area contributed by atoms with Gasteiger partial charge in [-0.2, -0.15) is 0 Å². The zero-order valence-electron chi connectivity index (χ0n) is 13.2. The Bertz CT molecular complexity index is 556. The van der Waals surface area contributed by atoms with Crippen molar-refractivity contribution in [3.63, 3.8) is 0 Å². The van der Waals surface area contributed by atoms with Crippen molar-refractivity contribution in [1.82, 2.24) is 5.32 Å². The van der Waals surface area contributed by atoms with Gasteiger partial charge in [-0.15, -0.1) is 6.58 Å². The summed E-state index contributed by atoms with van der Waals surface area (Å²) in [7, 11) is 0. The average molecular weight is 316 g/mol. The largest absolute Gasteiger partial charge is 0.334 e. The lowest BCUT2D eigenvalue weighted by Gasteiger charge is -2.25. The summed E-state index contributed by atoms with van der Waals surface area (Å²) in [5.41, 5.74) is 7.30. The molecule has 23 heavy (non-hydrogen) atoms. The number of rotatable bonds is 5. The molecule has 3 amide bonds. The summed E-state index contributed by atoms with van der Waals surface area (Å²) in [6, 6.07) is 6.86. The summed E-state index contributed by atoms with van der Waals surface area (Å²) in [6.45, 7) is 3.94. The molecule has 0 radical (unpaired) electrons. The molecule has 1 saturated carbocycles.